The van der Waals surface area contributed by atoms with E-state index in [4.69, 9.17) is 0 Å². The van der Waals surface area contributed by atoms with E-state index >= 15 is 0 Å². The van der Waals surface area contributed by atoms with Crippen LogP contribution in [-0.2, 0) is 0 Å². The van der Waals surface area contributed by atoms with Crippen molar-refractivity contribution in [3.05, 3.63) is 48.8 Å². The Balaban J connectivity index is 0.000000128. The molecular weight excluding hydrogens is 194 g/mol. The molecule has 3 rings (SSSR count). The van der Waals surface area contributed by atoms with E-state index in [1.54, 1.807) is 0 Å². The zero-order valence-corrected chi connectivity index (χ0v) is 8.24. The van der Waals surface area contributed by atoms with E-state index in [-0.39, 0.29) is 0 Å². The second kappa shape index (κ2) is 4.53. The quantitative estimate of drug-likeness (QED) is 0.610. The molecule has 0 amide bonds. The van der Waals surface area contributed by atoms with Gasteiger partial charge in [0.2, 0.25) is 0 Å². The van der Waals surface area contributed by atoms with Gasteiger partial charge in [0, 0.05) is 12.4 Å². The molecule has 0 saturated carbocycles. The van der Waals surface area contributed by atoms with E-state index in [0.29, 0.717) is 0 Å². The molecule has 2 heterocycles. The topological polar surface area (TPSA) is 41.6 Å². The van der Waals surface area contributed by atoms with E-state index in [1.165, 1.54) is 11.7 Å². The number of hydrogen-bond donors (Lipinski definition) is 1. The number of nitrogens with zero attached hydrogens (tertiary/aromatic N) is 2. The maximum absolute atomic E-state index is 4.05. The Kier molecular flexibility index (Phi) is 2.88. The van der Waals surface area contributed by atoms with Crippen LogP contribution >= 0.6 is 11.7 Å². The van der Waals surface area contributed by atoms with E-state index in [0.717, 1.165) is 11.0 Å². The molecule has 0 radical (unpaired) electrons. The standard InChI is InChI=1S/C6H4N2S.C4H5N/c1-2-4-6-5(3-1)7-9-8-6;1-2-4-5-3-1/h1-4H;1-5H. The van der Waals surface area contributed by atoms with Gasteiger partial charge in [-0.3, -0.25) is 0 Å². The highest BCUT2D eigenvalue weighted by Crippen LogP contribution is 2.08. The second-order valence-corrected chi connectivity index (χ2v) is 3.17. The number of nitrogens with one attached hydrogen (secondary N) is 1. The van der Waals surface area contributed by atoms with Crippen molar-refractivity contribution >= 4 is 22.8 Å². The van der Waals surface area contributed by atoms with Crippen molar-refractivity contribution in [2.75, 3.05) is 0 Å². The summed E-state index contributed by atoms with van der Waals surface area (Å²) in [4.78, 5) is 2.86. The molecule has 0 aliphatic rings. The van der Waals surface area contributed by atoms with E-state index in [2.05, 4.69) is 13.7 Å². The molecule has 0 bridgehead atoms. The van der Waals surface area contributed by atoms with Gasteiger partial charge in [0.25, 0.3) is 0 Å². The fourth-order valence-electron chi connectivity index (χ4n) is 1.00. The zero-order chi connectivity index (χ0) is 9.64. The molecule has 2 aromatic heterocycles. The van der Waals surface area contributed by atoms with Gasteiger partial charge in [-0.15, -0.1) is 0 Å². The summed E-state index contributed by atoms with van der Waals surface area (Å²) in [6, 6.07) is 11.7. The molecule has 14 heavy (non-hydrogen) atoms. The Labute approximate surface area is 85.7 Å². The predicted molar refractivity (Wildman–Crippen MR) is 58.2 cm³/mol. The first-order chi connectivity index (χ1) is 6.97. The molecule has 3 nitrogen and oxygen atoms in total. The largest absolute Gasteiger partial charge is 0.368 e. The molecule has 3 aromatic rings. The fourth-order valence-corrected chi connectivity index (χ4v) is 1.53. The van der Waals surface area contributed by atoms with Gasteiger partial charge in [-0.05, 0) is 24.3 Å². The minimum Gasteiger partial charge on any atom is -0.368 e. The Morgan fingerprint density at radius 2 is 1.43 bits per heavy atom. The lowest BCUT2D eigenvalue weighted by Crippen LogP contribution is -1.63. The first-order valence-electron chi connectivity index (χ1n) is 4.22. The number of aromatic nitrogens is 3. The zero-order valence-electron chi connectivity index (χ0n) is 7.42. The molecule has 0 spiro atoms. The predicted octanol–water partition coefficient (Wildman–Crippen LogP) is 2.71. The summed E-state index contributed by atoms with van der Waals surface area (Å²) < 4.78 is 8.10. The number of hydrogen-bond acceptors (Lipinski definition) is 3. The Bertz CT molecular complexity index is 425. The molecule has 1 N–H and O–H groups in total. The maximum atomic E-state index is 4.05. The first-order valence-corrected chi connectivity index (χ1v) is 4.95. The summed E-state index contributed by atoms with van der Waals surface area (Å²) in [5.74, 6) is 0. The third kappa shape index (κ3) is 2.17. The average molecular weight is 203 g/mol. The fraction of sp³-hybridized carbons (Fsp3) is 0. The molecule has 0 fully saturated rings. The van der Waals surface area contributed by atoms with Crippen LogP contribution < -0.4 is 0 Å². The summed E-state index contributed by atoms with van der Waals surface area (Å²) in [6.45, 7) is 0. The highest BCUT2D eigenvalue weighted by atomic mass is 32.1. The van der Waals surface area contributed by atoms with Gasteiger partial charge < -0.3 is 4.98 Å². The van der Waals surface area contributed by atoms with Crippen LogP contribution in [0.5, 0.6) is 0 Å². The number of rotatable bonds is 0. The normalized spacial score (nSPS) is 9.43. The molecule has 4 heteroatoms. The van der Waals surface area contributed by atoms with Crippen LogP contribution in [0.3, 0.4) is 0 Å². The van der Waals surface area contributed by atoms with Gasteiger partial charge in [-0.1, -0.05) is 12.1 Å². The number of aromatic amines is 1. The van der Waals surface area contributed by atoms with E-state index in [1.807, 2.05) is 48.8 Å². The van der Waals surface area contributed by atoms with Crippen molar-refractivity contribution in [3.63, 3.8) is 0 Å². The van der Waals surface area contributed by atoms with Gasteiger partial charge in [0.15, 0.2) is 0 Å². The molecule has 0 atom stereocenters. The van der Waals surface area contributed by atoms with Crippen LogP contribution in [-0.4, -0.2) is 13.7 Å². The lowest BCUT2D eigenvalue weighted by atomic mass is 10.3. The molecular formula is C10H9N3S. The molecule has 0 saturated heterocycles. The van der Waals surface area contributed by atoms with E-state index in [9.17, 15) is 0 Å². The third-order valence-corrected chi connectivity index (χ3v) is 2.21. The molecule has 0 aliphatic carbocycles. The van der Waals surface area contributed by atoms with Crippen molar-refractivity contribution in [1.82, 2.24) is 13.7 Å². The first kappa shape index (κ1) is 8.90. The van der Waals surface area contributed by atoms with Gasteiger partial charge in [0.1, 0.15) is 11.0 Å². The van der Waals surface area contributed by atoms with Crippen LogP contribution in [0, 0.1) is 0 Å². The molecule has 0 unspecified atom stereocenters. The SMILES string of the molecule is c1cc[nH]c1.c1ccc2nsnc2c1. The van der Waals surface area contributed by atoms with E-state index < -0.39 is 0 Å². The smallest absolute Gasteiger partial charge is 0.104 e. The van der Waals surface area contributed by atoms with Crippen molar-refractivity contribution < 1.29 is 0 Å². The summed E-state index contributed by atoms with van der Waals surface area (Å²) in [7, 11) is 0. The molecule has 1 aromatic carbocycles. The Morgan fingerprint density at radius 1 is 0.857 bits per heavy atom. The second-order valence-electron chi connectivity index (χ2n) is 2.64. The van der Waals surface area contributed by atoms with Crippen molar-refractivity contribution in [1.29, 1.82) is 0 Å². The minimum atomic E-state index is 0.988. The number of benzene rings is 1. The van der Waals surface area contributed by atoms with Gasteiger partial charge in [-0.2, -0.15) is 8.75 Å². The average Bonchev–Trinajstić information content (AvgIpc) is 2.92. The number of fused-ring (bicyclic) bond motifs is 1. The van der Waals surface area contributed by atoms with Crippen molar-refractivity contribution in [3.8, 4) is 0 Å². The Morgan fingerprint density at radius 3 is 1.86 bits per heavy atom. The highest BCUT2D eigenvalue weighted by molar-refractivity contribution is 7.00. The summed E-state index contributed by atoms with van der Waals surface area (Å²) in [6.07, 6.45) is 3.75. The van der Waals surface area contributed by atoms with Crippen LogP contribution in [0.2, 0.25) is 0 Å². The van der Waals surface area contributed by atoms with Crippen LogP contribution in [0.15, 0.2) is 48.8 Å². The maximum Gasteiger partial charge on any atom is 0.104 e. The van der Waals surface area contributed by atoms with Gasteiger partial charge in [-0.25, -0.2) is 0 Å². The summed E-state index contributed by atoms with van der Waals surface area (Å²) in [5.41, 5.74) is 1.98. The monoisotopic (exact) mass is 203 g/mol. The minimum absolute atomic E-state index is 0.988. The lowest BCUT2D eigenvalue weighted by Gasteiger charge is -1.78. The van der Waals surface area contributed by atoms with Crippen LogP contribution in [0.25, 0.3) is 11.0 Å². The summed E-state index contributed by atoms with van der Waals surface area (Å²) in [5, 5.41) is 0. The van der Waals surface area contributed by atoms with Gasteiger partial charge >= 0.3 is 0 Å². The van der Waals surface area contributed by atoms with Crippen molar-refractivity contribution in [2.45, 2.75) is 0 Å². The third-order valence-electron chi connectivity index (χ3n) is 1.66. The highest BCUT2D eigenvalue weighted by Gasteiger charge is 1.91. The van der Waals surface area contributed by atoms with Crippen molar-refractivity contribution in [2.24, 2.45) is 0 Å². The van der Waals surface area contributed by atoms with Crippen LogP contribution in [0.1, 0.15) is 0 Å². The Hall–Kier alpha value is -1.68. The number of H-pyrrole nitrogens is 1. The molecule has 0 aliphatic heterocycles. The molecule has 70 valence electrons. The van der Waals surface area contributed by atoms with Crippen LogP contribution in [0.4, 0.5) is 0 Å². The van der Waals surface area contributed by atoms with Gasteiger partial charge in [0.05, 0.1) is 11.7 Å². The lowest BCUT2D eigenvalue weighted by molar-refractivity contribution is 1.42. The summed E-state index contributed by atoms with van der Waals surface area (Å²) >= 11 is 1.25.